The van der Waals surface area contributed by atoms with Gasteiger partial charge in [-0.1, -0.05) is 35.9 Å². The fourth-order valence-corrected chi connectivity index (χ4v) is 3.46. The summed E-state index contributed by atoms with van der Waals surface area (Å²) in [6.45, 7) is 5.65. The van der Waals surface area contributed by atoms with Crippen molar-refractivity contribution in [1.82, 2.24) is 4.90 Å². The lowest BCUT2D eigenvalue weighted by Gasteiger charge is -2.27. The maximum atomic E-state index is 12.8. The van der Waals surface area contributed by atoms with Crippen molar-refractivity contribution in [3.63, 3.8) is 0 Å². The Hall–Kier alpha value is -2.62. The van der Waals surface area contributed by atoms with Crippen molar-refractivity contribution in [2.75, 3.05) is 18.4 Å². The lowest BCUT2D eigenvalue weighted by atomic mass is 10.0. The number of piperidine rings is 1. The zero-order chi connectivity index (χ0) is 18.5. The molecule has 0 spiro atoms. The summed E-state index contributed by atoms with van der Waals surface area (Å²) in [5.41, 5.74) is 4.47. The van der Waals surface area contributed by atoms with Gasteiger partial charge in [-0.25, -0.2) is 0 Å². The monoisotopic (exact) mass is 350 g/mol. The van der Waals surface area contributed by atoms with E-state index in [1.54, 1.807) is 12.1 Å². The first kappa shape index (κ1) is 18.2. The first-order valence-corrected chi connectivity index (χ1v) is 9.29. The molecule has 1 saturated heterocycles. The van der Waals surface area contributed by atoms with Gasteiger partial charge in [0, 0.05) is 13.1 Å². The van der Waals surface area contributed by atoms with Crippen LogP contribution in [0.15, 0.2) is 42.5 Å². The van der Waals surface area contributed by atoms with E-state index >= 15 is 0 Å². The van der Waals surface area contributed by atoms with Crippen LogP contribution in [-0.4, -0.2) is 29.8 Å². The van der Waals surface area contributed by atoms with E-state index in [-0.39, 0.29) is 11.8 Å². The van der Waals surface area contributed by atoms with E-state index in [4.69, 9.17) is 0 Å². The molecule has 1 heterocycles. The van der Waals surface area contributed by atoms with Crippen LogP contribution in [0.1, 0.15) is 46.3 Å². The Morgan fingerprint density at radius 1 is 1.00 bits per heavy atom. The van der Waals surface area contributed by atoms with Crippen molar-refractivity contribution in [1.29, 1.82) is 0 Å². The van der Waals surface area contributed by atoms with Gasteiger partial charge in [0.05, 0.1) is 17.7 Å². The number of hydrogen-bond acceptors (Lipinski definition) is 2. The largest absolute Gasteiger partial charge is 0.339 e. The molecule has 1 N–H and O–H groups in total. The summed E-state index contributed by atoms with van der Waals surface area (Å²) in [4.78, 5) is 27.2. The average Bonchev–Trinajstić information content (AvgIpc) is 2.65. The van der Waals surface area contributed by atoms with E-state index in [1.807, 2.05) is 43.0 Å². The molecule has 136 valence electrons. The molecule has 0 radical (unpaired) electrons. The molecule has 1 aliphatic rings. The second kappa shape index (κ2) is 8.17. The normalized spacial score (nSPS) is 14.2. The molecular weight excluding hydrogens is 324 g/mol. The molecule has 4 heteroatoms. The predicted octanol–water partition coefficient (Wildman–Crippen LogP) is 4.11. The number of nitrogens with one attached hydrogen (secondary N) is 1. The van der Waals surface area contributed by atoms with Gasteiger partial charge in [0.15, 0.2) is 0 Å². The Labute approximate surface area is 155 Å². The minimum atomic E-state index is -0.101. The first-order chi connectivity index (χ1) is 12.5. The lowest BCUT2D eigenvalue weighted by molar-refractivity contribution is -0.115. The van der Waals surface area contributed by atoms with Gasteiger partial charge in [-0.15, -0.1) is 0 Å². The summed E-state index contributed by atoms with van der Waals surface area (Å²) < 4.78 is 0. The van der Waals surface area contributed by atoms with E-state index in [0.29, 0.717) is 17.7 Å². The molecule has 0 atom stereocenters. The summed E-state index contributed by atoms with van der Waals surface area (Å²) in [5, 5.41) is 2.93. The molecule has 4 nitrogen and oxygen atoms in total. The molecule has 1 aliphatic heterocycles. The SMILES string of the molecule is Cc1ccc(CC(=O)Nc2ccccc2C(=O)N2CCCCC2)c(C)c1. The van der Waals surface area contributed by atoms with Crippen LogP contribution in [0.5, 0.6) is 0 Å². The summed E-state index contributed by atoms with van der Waals surface area (Å²) >= 11 is 0. The number of likely N-dealkylation sites (tertiary alicyclic amines) is 1. The van der Waals surface area contributed by atoms with Crippen LogP contribution in [-0.2, 0) is 11.2 Å². The molecule has 26 heavy (non-hydrogen) atoms. The third kappa shape index (κ3) is 4.31. The van der Waals surface area contributed by atoms with Gasteiger partial charge in [-0.3, -0.25) is 9.59 Å². The van der Waals surface area contributed by atoms with E-state index in [0.717, 1.165) is 37.1 Å². The van der Waals surface area contributed by atoms with Crippen LogP contribution in [0, 0.1) is 13.8 Å². The number of aryl methyl sites for hydroxylation is 2. The van der Waals surface area contributed by atoms with Gasteiger partial charge >= 0.3 is 0 Å². The van der Waals surface area contributed by atoms with Crippen molar-refractivity contribution in [2.24, 2.45) is 0 Å². The van der Waals surface area contributed by atoms with Crippen molar-refractivity contribution >= 4 is 17.5 Å². The second-order valence-electron chi connectivity index (χ2n) is 7.05. The smallest absolute Gasteiger partial charge is 0.255 e. The Morgan fingerprint density at radius 3 is 2.46 bits per heavy atom. The highest BCUT2D eigenvalue weighted by atomic mass is 16.2. The van der Waals surface area contributed by atoms with Gasteiger partial charge in [-0.05, 0) is 56.4 Å². The van der Waals surface area contributed by atoms with Crippen LogP contribution in [0.2, 0.25) is 0 Å². The van der Waals surface area contributed by atoms with Crippen LogP contribution < -0.4 is 5.32 Å². The lowest BCUT2D eigenvalue weighted by Crippen LogP contribution is -2.36. The molecule has 2 aromatic rings. The summed E-state index contributed by atoms with van der Waals surface area (Å²) in [6, 6.07) is 13.4. The van der Waals surface area contributed by atoms with E-state index in [1.165, 1.54) is 12.0 Å². The molecule has 1 fully saturated rings. The highest BCUT2D eigenvalue weighted by molar-refractivity contribution is 6.04. The second-order valence-corrected chi connectivity index (χ2v) is 7.05. The van der Waals surface area contributed by atoms with Gasteiger partial charge in [0.25, 0.3) is 5.91 Å². The number of para-hydroxylation sites is 1. The molecule has 0 saturated carbocycles. The number of nitrogens with zero attached hydrogens (tertiary/aromatic N) is 1. The number of benzene rings is 2. The number of carbonyl (C=O) groups excluding carboxylic acids is 2. The Balaban J connectivity index is 1.73. The van der Waals surface area contributed by atoms with Gasteiger partial charge in [0.2, 0.25) is 5.91 Å². The molecular formula is C22H26N2O2. The van der Waals surface area contributed by atoms with E-state index in [9.17, 15) is 9.59 Å². The predicted molar refractivity (Wildman–Crippen MR) is 104 cm³/mol. The van der Waals surface area contributed by atoms with Crippen molar-refractivity contribution in [3.8, 4) is 0 Å². The fourth-order valence-electron chi connectivity index (χ4n) is 3.46. The number of carbonyl (C=O) groups is 2. The maximum absolute atomic E-state index is 12.8. The highest BCUT2D eigenvalue weighted by Crippen LogP contribution is 2.21. The maximum Gasteiger partial charge on any atom is 0.255 e. The van der Waals surface area contributed by atoms with Crippen molar-refractivity contribution in [3.05, 3.63) is 64.7 Å². The van der Waals surface area contributed by atoms with Crippen molar-refractivity contribution < 1.29 is 9.59 Å². The van der Waals surface area contributed by atoms with Crippen LogP contribution in [0.4, 0.5) is 5.69 Å². The molecule has 0 bridgehead atoms. The summed E-state index contributed by atoms with van der Waals surface area (Å²) in [5.74, 6) is -0.0945. The van der Waals surface area contributed by atoms with Gasteiger partial charge in [0.1, 0.15) is 0 Å². The zero-order valence-corrected chi connectivity index (χ0v) is 15.5. The van der Waals surface area contributed by atoms with Crippen LogP contribution >= 0.6 is 0 Å². The third-order valence-corrected chi connectivity index (χ3v) is 4.92. The molecule has 0 aliphatic carbocycles. The minimum Gasteiger partial charge on any atom is -0.339 e. The quantitative estimate of drug-likeness (QED) is 0.902. The molecule has 2 aromatic carbocycles. The number of anilines is 1. The van der Waals surface area contributed by atoms with E-state index < -0.39 is 0 Å². The Kier molecular flexibility index (Phi) is 5.71. The summed E-state index contributed by atoms with van der Waals surface area (Å²) in [6.07, 6.45) is 3.58. The van der Waals surface area contributed by atoms with Gasteiger partial charge < -0.3 is 10.2 Å². The minimum absolute atomic E-state index is 0.00659. The molecule has 2 amide bonds. The number of hydrogen-bond donors (Lipinski definition) is 1. The van der Waals surface area contributed by atoms with Gasteiger partial charge in [-0.2, -0.15) is 0 Å². The fraction of sp³-hybridized carbons (Fsp3) is 0.364. The Morgan fingerprint density at radius 2 is 1.73 bits per heavy atom. The average molecular weight is 350 g/mol. The molecule has 0 unspecified atom stereocenters. The van der Waals surface area contributed by atoms with E-state index in [2.05, 4.69) is 11.4 Å². The van der Waals surface area contributed by atoms with Crippen LogP contribution in [0.25, 0.3) is 0 Å². The molecule has 3 rings (SSSR count). The zero-order valence-electron chi connectivity index (χ0n) is 15.5. The Bertz CT molecular complexity index is 808. The third-order valence-electron chi connectivity index (χ3n) is 4.92. The van der Waals surface area contributed by atoms with Crippen LogP contribution in [0.3, 0.4) is 0 Å². The first-order valence-electron chi connectivity index (χ1n) is 9.29. The number of amides is 2. The highest BCUT2D eigenvalue weighted by Gasteiger charge is 2.21. The molecule has 0 aromatic heterocycles. The standard InChI is InChI=1S/C22H26N2O2/c1-16-10-11-18(17(2)14-16)15-21(25)23-20-9-5-4-8-19(20)22(26)24-12-6-3-7-13-24/h4-5,8-11,14H,3,6-7,12-13,15H2,1-2H3,(H,23,25). The number of rotatable bonds is 4. The summed E-state index contributed by atoms with van der Waals surface area (Å²) in [7, 11) is 0. The topological polar surface area (TPSA) is 49.4 Å². The van der Waals surface area contributed by atoms with Crippen molar-refractivity contribution in [2.45, 2.75) is 39.5 Å².